The van der Waals surface area contributed by atoms with E-state index in [0.29, 0.717) is 11.5 Å². The van der Waals surface area contributed by atoms with Gasteiger partial charge in [-0.15, -0.1) is 0 Å². The first-order chi connectivity index (χ1) is 11.1. The van der Waals surface area contributed by atoms with Crippen LogP contribution in [-0.4, -0.2) is 18.9 Å². The van der Waals surface area contributed by atoms with Crippen LogP contribution in [0.2, 0.25) is 0 Å². The van der Waals surface area contributed by atoms with Gasteiger partial charge in [-0.1, -0.05) is 29.8 Å². The van der Waals surface area contributed by atoms with Gasteiger partial charge in [0.15, 0.2) is 0 Å². The number of carbonyl (C=O) groups excluding carboxylic acids is 1. The summed E-state index contributed by atoms with van der Waals surface area (Å²) >= 11 is 0. The lowest BCUT2D eigenvalue weighted by Crippen LogP contribution is -2.30. The molecule has 3 rings (SSSR count). The first-order valence-electron chi connectivity index (χ1n) is 7.40. The lowest BCUT2D eigenvalue weighted by atomic mass is 10.1. The van der Waals surface area contributed by atoms with Gasteiger partial charge in [-0.3, -0.25) is 9.69 Å². The van der Waals surface area contributed by atoms with E-state index in [1.807, 2.05) is 62.4 Å². The molecule has 0 fully saturated rings. The van der Waals surface area contributed by atoms with E-state index in [1.54, 1.807) is 18.1 Å². The van der Waals surface area contributed by atoms with Crippen LogP contribution in [0.15, 0.2) is 59.2 Å². The fraction of sp³-hybridized carbons (Fsp3) is 0.158. The van der Waals surface area contributed by atoms with Gasteiger partial charge in [0.2, 0.25) is 0 Å². The Labute approximate surface area is 135 Å². The van der Waals surface area contributed by atoms with Gasteiger partial charge in [0, 0.05) is 0 Å². The van der Waals surface area contributed by atoms with Gasteiger partial charge < -0.3 is 4.74 Å². The molecule has 1 amide bonds. The Morgan fingerprint density at radius 2 is 1.65 bits per heavy atom. The monoisotopic (exact) mass is 306 g/mol. The average molecular weight is 306 g/mol. The smallest absolute Gasteiger partial charge is 0.282 e. The molecule has 0 spiro atoms. The van der Waals surface area contributed by atoms with Gasteiger partial charge in [0.05, 0.1) is 12.8 Å². The van der Waals surface area contributed by atoms with E-state index in [-0.39, 0.29) is 5.91 Å². The lowest BCUT2D eigenvalue weighted by molar-refractivity contribution is -0.113. The Morgan fingerprint density at radius 3 is 2.26 bits per heavy atom. The summed E-state index contributed by atoms with van der Waals surface area (Å²) in [6.07, 6.45) is 1.79. The predicted molar refractivity (Wildman–Crippen MR) is 92.7 cm³/mol. The zero-order chi connectivity index (χ0) is 16.4. The topological polar surface area (TPSA) is 41.9 Å². The summed E-state index contributed by atoms with van der Waals surface area (Å²) in [4.78, 5) is 18.7. The third-order valence-electron chi connectivity index (χ3n) is 3.74. The molecule has 0 aliphatic carbocycles. The maximum absolute atomic E-state index is 12.6. The minimum Gasteiger partial charge on any atom is -0.497 e. The molecule has 2 aromatic rings. The van der Waals surface area contributed by atoms with Crippen molar-refractivity contribution in [3.8, 4) is 5.75 Å². The number of aryl methyl sites for hydroxylation is 1. The Kier molecular flexibility index (Phi) is 3.98. The summed E-state index contributed by atoms with van der Waals surface area (Å²) in [6, 6.07) is 15.4. The standard InChI is InChI=1S/C19H18N2O2/c1-13-4-8-16(9-5-13)21-14(2)20-18(19(21)22)12-15-6-10-17(23-3)11-7-15/h4-12H,1-3H3/b18-12-. The molecule has 0 aromatic heterocycles. The summed E-state index contributed by atoms with van der Waals surface area (Å²) in [6.45, 7) is 3.86. The third-order valence-corrected chi connectivity index (χ3v) is 3.74. The van der Waals surface area contributed by atoms with Crippen molar-refractivity contribution in [3.05, 3.63) is 65.4 Å². The number of hydrogen-bond acceptors (Lipinski definition) is 3. The molecular formula is C19H18N2O2. The SMILES string of the molecule is COc1ccc(/C=C2\N=C(C)N(c3ccc(C)cc3)C2=O)cc1. The number of hydrogen-bond donors (Lipinski definition) is 0. The second-order valence-electron chi connectivity index (χ2n) is 5.44. The highest BCUT2D eigenvalue weighted by molar-refractivity contribution is 6.28. The molecule has 0 N–H and O–H groups in total. The average Bonchev–Trinajstić information content (AvgIpc) is 2.83. The van der Waals surface area contributed by atoms with Crippen LogP contribution >= 0.6 is 0 Å². The molecule has 116 valence electrons. The number of carbonyl (C=O) groups is 1. The number of methoxy groups -OCH3 is 1. The maximum Gasteiger partial charge on any atom is 0.282 e. The number of nitrogens with zero attached hydrogens (tertiary/aromatic N) is 2. The van der Waals surface area contributed by atoms with Crippen molar-refractivity contribution in [2.75, 3.05) is 12.0 Å². The molecule has 1 heterocycles. The van der Waals surface area contributed by atoms with Crippen molar-refractivity contribution < 1.29 is 9.53 Å². The number of aliphatic imine (C=N–C) groups is 1. The van der Waals surface area contributed by atoms with Crippen molar-refractivity contribution in [2.45, 2.75) is 13.8 Å². The highest BCUT2D eigenvalue weighted by atomic mass is 16.5. The Balaban J connectivity index is 1.89. The molecule has 0 bridgehead atoms. The van der Waals surface area contributed by atoms with E-state index < -0.39 is 0 Å². The van der Waals surface area contributed by atoms with Gasteiger partial charge >= 0.3 is 0 Å². The molecule has 4 heteroatoms. The van der Waals surface area contributed by atoms with Crippen molar-refractivity contribution in [3.63, 3.8) is 0 Å². The van der Waals surface area contributed by atoms with Gasteiger partial charge in [-0.2, -0.15) is 0 Å². The molecule has 0 unspecified atom stereocenters. The van der Waals surface area contributed by atoms with E-state index in [1.165, 1.54) is 0 Å². The van der Waals surface area contributed by atoms with E-state index in [9.17, 15) is 4.79 Å². The summed E-state index contributed by atoms with van der Waals surface area (Å²) in [5, 5.41) is 0. The molecule has 0 saturated heterocycles. The Bertz CT molecular complexity index is 787. The van der Waals surface area contributed by atoms with E-state index in [2.05, 4.69) is 4.99 Å². The molecule has 23 heavy (non-hydrogen) atoms. The molecule has 2 aromatic carbocycles. The van der Waals surface area contributed by atoms with Crippen molar-refractivity contribution >= 4 is 23.5 Å². The molecule has 0 radical (unpaired) electrons. The third kappa shape index (κ3) is 3.01. The molecule has 0 atom stereocenters. The fourth-order valence-corrected chi connectivity index (χ4v) is 2.48. The molecule has 1 aliphatic rings. The quantitative estimate of drug-likeness (QED) is 0.809. The van der Waals surface area contributed by atoms with Gasteiger partial charge in [-0.05, 0) is 49.8 Å². The number of rotatable bonds is 3. The van der Waals surface area contributed by atoms with Gasteiger partial charge in [0.1, 0.15) is 17.3 Å². The summed E-state index contributed by atoms with van der Waals surface area (Å²) in [5.74, 6) is 1.35. The van der Waals surface area contributed by atoms with E-state index >= 15 is 0 Å². The Hall–Kier alpha value is -2.88. The van der Waals surface area contributed by atoms with E-state index in [4.69, 9.17) is 4.74 Å². The van der Waals surface area contributed by atoms with Crippen LogP contribution in [0.1, 0.15) is 18.1 Å². The van der Waals surface area contributed by atoms with Gasteiger partial charge in [-0.25, -0.2) is 4.99 Å². The number of ether oxygens (including phenoxy) is 1. The molecule has 0 saturated carbocycles. The van der Waals surface area contributed by atoms with Crippen molar-refractivity contribution in [2.24, 2.45) is 4.99 Å². The maximum atomic E-state index is 12.6. The van der Waals surface area contributed by atoms with E-state index in [0.717, 1.165) is 22.6 Å². The zero-order valence-electron chi connectivity index (χ0n) is 13.4. The fourth-order valence-electron chi connectivity index (χ4n) is 2.48. The van der Waals surface area contributed by atoms with Crippen molar-refractivity contribution in [1.29, 1.82) is 0 Å². The predicted octanol–water partition coefficient (Wildman–Crippen LogP) is 3.81. The van der Waals surface area contributed by atoms with Crippen LogP contribution in [0.4, 0.5) is 5.69 Å². The summed E-state index contributed by atoms with van der Waals surface area (Å²) in [7, 11) is 1.63. The van der Waals surface area contributed by atoms with Crippen LogP contribution in [0, 0.1) is 6.92 Å². The second-order valence-corrected chi connectivity index (χ2v) is 5.44. The highest BCUT2D eigenvalue weighted by Gasteiger charge is 2.28. The van der Waals surface area contributed by atoms with Crippen LogP contribution in [0.25, 0.3) is 6.08 Å². The van der Waals surface area contributed by atoms with Crippen LogP contribution in [0.5, 0.6) is 5.75 Å². The van der Waals surface area contributed by atoms with Crippen LogP contribution < -0.4 is 9.64 Å². The minimum atomic E-state index is -0.109. The molecular weight excluding hydrogens is 288 g/mol. The molecule has 1 aliphatic heterocycles. The lowest BCUT2D eigenvalue weighted by Gasteiger charge is -2.16. The Morgan fingerprint density at radius 1 is 1.00 bits per heavy atom. The number of anilines is 1. The number of benzene rings is 2. The van der Waals surface area contributed by atoms with Crippen LogP contribution in [-0.2, 0) is 4.79 Å². The number of amides is 1. The number of amidine groups is 1. The molecule has 4 nitrogen and oxygen atoms in total. The highest BCUT2D eigenvalue weighted by Crippen LogP contribution is 2.25. The zero-order valence-corrected chi connectivity index (χ0v) is 13.4. The normalized spacial score (nSPS) is 16.0. The van der Waals surface area contributed by atoms with Gasteiger partial charge in [0.25, 0.3) is 5.91 Å². The summed E-state index contributed by atoms with van der Waals surface area (Å²) in [5.41, 5.74) is 3.34. The minimum absolute atomic E-state index is 0.109. The first kappa shape index (κ1) is 15.0. The van der Waals surface area contributed by atoms with Crippen molar-refractivity contribution in [1.82, 2.24) is 0 Å². The first-order valence-corrected chi connectivity index (χ1v) is 7.40. The second kappa shape index (κ2) is 6.08. The van der Waals surface area contributed by atoms with Crippen LogP contribution in [0.3, 0.4) is 0 Å². The summed E-state index contributed by atoms with van der Waals surface area (Å²) < 4.78 is 5.14. The largest absolute Gasteiger partial charge is 0.497 e.